The average molecular weight is 215 g/mol. The van der Waals surface area contributed by atoms with Crippen LogP contribution in [0.25, 0.3) is 0 Å². The van der Waals surface area contributed by atoms with Crippen molar-refractivity contribution in [3.8, 4) is 18.2 Å². The number of hydrogen-bond acceptors (Lipinski definition) is 5. The third kappa shape index (κ3) is 0.671. The molecule has 2 aliphatic rings. The van der Waals surface area contributed by atoms with Crippen LogP contribution < -0.4 is 11.1 Å². The summed E-state index contributed by atoms with van der Waals surface area (Å²) in [5.74, 6) is -1.35. The van der Waals surface area contributed by atoms with Crippen LogP contribution >= 0.6 is 0 Å². The number of nitrogens with zero attached hydrogens (tertiary/aromatic N) is 3. The summed E-state index contributed by atoms with van der Waals surface area (Å²) < 4.78 is 0. The zero-order valence-electron chi connectivity index (χ0n) is 8.61. The number of hydrogen-bond donors (Lipinski definition) is 2. The molecular weight excluding hydrogens is 206 g/mol. The smallest absolute Gasteiger partial charge is 0.245 e. The maximum absolute atomic E-state index is 11.8. The molecule has 1 amide bonds. The van der Waals surface area contributed by atoms with Gasteiger partial charge < -0.3 is 11.1 Å². The predicted octanol–water partition coefficient (Wildman–Crippen LogP) is -0.645. The third-order valence-electron chi connectivity index (χ3n) is 3.74. The largest absolute Gasteiger partial charge is 0.336 e. The Morgan fingerprint density at radius 3 is 2.25 bits per heavy atom. The van der Waals surface area contributed by atoms with Gasteiger partial charge in [0, 0.05) is 0 Å². The van der Waals surface area contributed by atoms with Crippen molar-refractivity contribution in [3.63, 3.8) is 0 Å². The van der Waals surface area contributed by atoms with E-state index >= 15 is 0 Å². The summed E-state index contributed by atoms with van der Waals surface area (Å²) in [5.41, 5.74) is 1.64. The molecule has 3 atom stereocenters. The van der Waals surface area contributed by atoms with E-state index in [4.69, 9.17) is 21.5 Å². The van der Waals surface area contributed by atoms with E-state index in [9.17, 15) is 4.79 Å². The number of carbonyl (C=O) groups is 1. The van der Waals surface area contributed by atoms with Gasteiger partial charge in [0.15, 0.2) is 10.8 Å². The highest BCUT2D eigenvalue weighted by Crippen LogP contribution is 2.74. The molecule has 0 radical (unpaired) electrons. The molecule has 6 heteroatoms. The van der Waals surface area contributed by atoms with E-state index < -0.39 is 28.3 Å². The Balaban J connectivity index is 2.63. The number of nitrogens with one attached hydrogen (secondary N) is 1. The number of piperidine rings is 1. The average Bonchev–Trinajstić information content (AvgIpc) is 2.85. The normalized spacial score (nSPS) is 42.2. The molecule has 16 heavy (non-hydrogen) atoms. The maximum Gasteiger partial charge on any atom is 0.245 e. The van der Waals surface area contributed by atoms with E-state index in [1.54, 1.807) is 19.1 Å². The summed E-state index contributed by atoms with van der Waals surface area (Å²) in [6.07, 6.45) is 0.373. The molecule has 6 nitrogen and oxygen atoms in total. The SMILES string of the molecule is CC[C@]1(N)NC(=O)[C@]2(C#N)[C@@H]1C2(C#N)C#N. The Morgan fingerprint density at radius 2 is 1.94 bits per heavy atom. The minimum absolute atomic E-state index is 0.373. The van der Waals surface area contributed by atoms with Gasteiger partial charge in [0.05, 0.1) is 29.8 Å². The van der Waals surface area contributed by atoms with Gasteiger partial charge in [0.25, 0.3) is 0 Å². The number of rotatable bonds is 1. The lowest BCUT2D eigenvalue weighted by atomic mass is 9.93. The van der Waals surface area contributed by atoms with Crippen molar-refractivity contribution in [1.29, 1.82) is 15.8 Å². The number of nitrogens with two attached hydrogens (primary N) is 1. The zero-order valence-corrected chi connectivity index (χ0v) is 8.61. The van der Waals surface area contributed by atoms with Crippen LogP contribution in [0.4, 0.5) is 0 Å². The molecular formula is C10H9N5O. The van der Waals surface area contributed by atoms with Crippen molar-refractivity contribution in [2.75, 3.05) is 0 Å². The van der Waals surface area contributed by atoms with Gasteiger partial charge in [-0.05, 0) is 6.42 Å². The van der Waals surface area contributed by atoms with Gasteiger partial charge in [0.1, 0.15) is 0 Å². The first-order valence-corrected chi connectivity index (χ1v) is 4.84. The lowest BCUT2D eigenvalue weighted by Gasteiger charge is -2.26. The zero-order chi connectivity index (χ0) is 12.2. The van der Waals surface area contributed by atoms with E-state index in [0.29, 0.717) is 6.42 Å². The molecule has 0 spiro atoms. The third-order valence-corrected chi connectivity index (χ3v) is 3.74. The van der Waals surface area contributed by atoms with Crippen LogP contribution in [0.3, 0.4) is 0 Å². The molecule has 2 fully saturated rings. The van der Waals surface area contributed by atoms with Gasteiger partial charge in [0.2, 0.25) is 5.91 Å². The van der Waals surface area contributed by atoms with Crippen LogP contribution in [0.5, 0.6) is 0 Å². The van der Waals surface area contributed by atoms with E-state index in [2.05, 4.69) is 5.32 Å². The van der Waals surface area contributed by atoms with Gasteiger partial charge in [-0.25, -0.2) is 0 Å². The van der Waals surface area contributed by atoms with Crippen LogP contribution in [0.2, 0.25) is 0 Å². The van der Waals surface area contributed by atoms with E-state index in [0.717, 1.165) is 0 Å². The number of nitriles is 3. The molecule has 80 valence electrons. The Bertz CT molecular complexity index is 493. The Kier molecular flexibility index (Phi) is 1.64. The fraction of sp³-hybridized carbons (Fsp3) is 0.600. The van der Waals surface area contributed by atoms with Gasteiger partial charge in [-0.2, -0.15) is 15.8 Å². The van der Waals surface area contributed by atoms with E-state index in [-0.39, 0.29) is 0 Å². The van der Waals surface area contributed by atoms with Crippen molar-refractivity contribution in [3.05, 3.63) is 0 Å². The highest BCUT2D eigenvalue weighted by molar-refractivity contribution is 5.97. The van der Waals surface area contributed by atoms with Crippen LogP contribution in [0.15, 0.2) is 0 Å². The Labute approximate surface area is 92.2 Å². The van der Waals surface area contributed by atoms with Gasteiger partial charge in [-0.15, -0.1) is 0 Å². The summed E-state index contributed by atoms with van der Waals surface area (Å²) in [7, 11) is 0. The predicted molar refractivity (Wildman–Crippen MR) is 50.5 cm³/mol. The van der Waals surface area contributed by atoms with Crippen molar-refractivity contribution in [1.82, 2.24) is 5.32 Å². The molecule has 2 rings (SSSR count). The van der Waals surface area contributed by atoms with Crippen LogP contribution in [0, 0.1) is 50.7 Å². The highest BCUT2D eigenvalue weighted by atomic mass is 16.2. The molecule has 1 saturated heterocycles. The van der Waals surface area contributed by atoms with Crippen LogP contribution in [0.1, 0.15) is 13.3 Å². The molecule has 0 aromatic rings. The first-order chi connectivity index (χ1) is 7.49. The van der Waals surface area contributed by atoms with Crippen LogP contribution in [-0.2, 0) is 4.79 Å². The second kappa shape index (κ2) is 2.52. The maximum atomic E-state index is 11.8. The summed E-state index contributed by atoms with van der Waals surface area (Å²) in [5, 5.41) is 29.7. The summed E-state index contributed by atoms with van der Waals surface area (Å²) in [4.78, 5) is 11.8. The number of amides is 1. The number of carbonyl (C=O) groups excluding carboxylic acids is 1. The molecule has 1 aliphatic heterocycles. The van der Waals surface area contributed by atoms with E-state index in [1.165, 1.54) is 0 Å². The van der Waals surface area contributed by atoms with E-state index in [1.807, 2.05) is 6.07 Å². The Morgan fingerprint density at radius 1 is 1.38 bits per heavy atom. The minimum Gasteiger partial charge on any atom is -0.336 e. The summed E-state index contributed by atoms with van der Waals surface area (Å²) in [6, 6.07) is 5.39. The first-order valence-electron chi connectivity index (χ1n) is 4.84. The van der Waals surface area contributed by atoms with Crippen molar-refractivity contribution in [2.45, 2.75) is 19.0 Å². The van der Waals surface area contributed by atoms with Crippen molar-refractivity contribution in [2.24, 2.45) is 22.5 Å². The fourth-order valence-electron chi connectivity index (χ4n) is 2.77. The topological polar surface area (TPSA) is 126 Å². The van der Waals surface area contributed by atoms with Gasteiger partial charge in [-0.3, -0.25) is 4.79 Å². The Hall–Kier alpha value is -2.10. The summed E-state index contributed by atoms with van der Waals surface area (Å²) in [6.45, 7) is 1.74. The molecule has 0 bridgehead atoms. The second-order valence-corrected chi connectivity index (χ2v) is 4.23. The van der Waals surface area contributed by atoms with Crippen molar-refractivity contribution < 1.29 is 4.79 Å². The molecule has 0 aromatic heterocycles. The summed E-state index contributed by atoms with van der Waals surface area (Å²) >= 11 is 0. The monoisotopic (exact) mass is 215 g/mol. The number of fused-ring (bicyclic) bond motifs is 1. The fourth-order valence-corrected chi connectivity index (χ4v) is 2.77. The lowest BCUT2D eigenvalue weighted by molar-refractivity contribution is -0.124. The lowest BCUT2D eigenvalue weighted by Crippen LogP contribution is -2.55. The van der Waals surface area contributed by atoms with Crippen LogP contribution in [-0.4, -0.2) is 11.6 Å². The molecule has 0 aromatic carbocycles. The second-order valence-electron chi connectivity index (χ2n) is 4.23. The first kappa shape index (κ1) is 10.4. The minimum atomic E-state index is -1.59. The van der Waals surface area contributed by atoms with Crippen molar-refractivity contribution >= 4 is 5.91 Å². The highest BCUT2D eigenvalue weighted by Gasteiger charge is 2.92. The molecule has 1 saturated carbocycles. The van der Waals surface area contributed by atoms with Gasteiger partial charge in [-0.1, -0.05) is 6.92 Å². The quantitative estimate of drug-likeness (QED) is 0.601. The molecule has 0 unspecified atom stereocenters. The molecule has 1 heterocycles. The van der Waals surface area contributed by atoms with Gasteiger partial charge >= 0.3 is 0 Å². The molecule has 1 aliphatic carbocycles. The standard InChI is InChI=1S/C10H9N5O/c1-2-10(14)6-8(3-11,4-12)9(6,5-13)7(16)15-10/h6H,2,14H2,1H3,(H,15,16)/t6-,9-,10-/m0/s1. The molecule has 3 N–H and O–H groups in total.